The number of piperidine rings is 1. The molecule has 2 fully saturated rings. The Labute approximate surface area is 143 Å². The molecular formula is C16H22N4O3S. The van der Waals surface area contributed by atoms with Crippen molar-refractivity contribution in [2.24, 2.45) is 5.92 Å². The maximum absolute atomic E-state index is 12.7. The summed E-state index contributed by atoms with van der Waals surface area (Å²) < 4.78 is 34.3. The van der Waals surface area contributed by atoms with E-state index < -0.39 is 10.2 Å². The highest BCUT2D eigenvalue weighted by atomic mass is 32.2. The second kappa shape index (κ2) is 7.05. The molecule has 0 aliphatic carbocycles. The first-order valence-electron chi connectivity index (χ1n) is 8.27. The van der Waals surface area contributed by atoms with Crippen LogP contribution in [0.3, 0.4) is 0 Å². The SMILES string of the molecule is CC1CCN(S(=O)(=O)N2CCC(Oc3ccc(C#N)cn3)C2)CC1. The molecule has 1 aromatic rings. The van der Waals surface area contributed by atoms with Gasteiger partial charge in [-0.3, -0.25) is 0 Å². The third-order valence-electron chi connectivity index (χ3n) is 4.66. The largest absolute Gasteiger partial charge is 0.473 e. The van der Waals surface area contributed by atoms with Crippen molar-refractivity contribution < 1.29 is 13.2 Å². The number of aromatic nitrogens is 1. The fourth-order valence-corrected chi connectivity index (χ4v) is 4.76. The predicted octanol–water partition coefficient (Wildman–Crippen LogP) is 1.38. The Morgan fingerprint density at radius 2 is 1.92 bits per heavy atom. The minimum absolute atomic E-state index is 0.205. The number of nitriles is 1. The van der Waals surface area contributed by atoms with E-state index >= 15 is 0 Å². The first kappa shape index (κ1) is 17.1. The van der Waals surface area contributed by atoms with Crippen molar-refractivity contribution in [2.75, 3.05) is 26.2 Å². The van der Waals surface area contributed by atoms with E-state index in [0.29, 0.717) is 50.0 Å². The minimum atomic E-state index is -3.40. The maximum Gasteiger partial charge on any atom is 0.282 e. The molecule has 0 spiro atoms. The Balaban J connectivity index is 1.59. The van der Waals surface area contributed by atoms with Gasteiger partial charge in [-0.1, -0.05) is 6.92 Å². The predicted molar refractivity (Wildman–Crippen MR) is 88.4 cm³/mol. The van der Waals surface area contributed by atoms with Crippen molar-refractivity contribution in [3.63, 3.8) is 0 Å². The fourth-order valence-electron chi connectivity index (χ4n) is 3.07. The van der Waals surface area contributed by atoms with E-state index in [2.05, 4.69) is 11.9 Å². The van der Waals surface area contributed by atoms with Gasteiger partial charge in [0.25, 0.3) is 10.2 Å². The van der Waals surface area contributed by atoms with Gasteiger partial charge >= 0.3 is 0 Å². The Morgan fingerprint density at radius 1 is 1.21 bits per heavy atom. The third-order valence-corrected chi connectivity index (χ3v) is 6.66. The monoisotopic (exact) mass is 350 g/mol. The van der Waals surface area contributed by atoms with Crippen LogP contribution in [-0.4, -0.2) is 54.3 Å². The summed E-state index contributed by atoms with van der Waals surface area (Å²) in [6.07, 6.45) is 3.73. The van der Waals surface area contributed by atoms with Crippen LogP contribution in [0.15, 0.2) is 18.3 Å². The van der Waals surface area contributed by atoms with Crippen LogP contribution in [0.2, 0.25) is 0 Å². The maximum atomic E-state index is 12.7. The molecular weight excluding hydrogens is 328 g/mol. The molecule has 1 atom stereocenters. The highest BCUT2D eigenvalue weighted by Gasteiger charge is 2.37. The second-order valence-electron chi connectivity index (χ2n) is 6.47. The van der Waals surface area contributed by atoms with Crippen molar-refractivity contribution >= 4 is 10.2 Å². The molecule has 3 rings (SSSR count). The third kappa shape index (κ3) is 3.69. The standard InChI is InChI=1S/C16H22N4O3S/c1-13-4-7-19(8-5-13)24(21,22)20-9-6-15(12-20)23-16-3-2-14(10-17)11-18-16/h2-3,11,13,15H,4-9,12H2,1H3. The highest BCUT2D eigenvalue weighted by Crippen LogP contribution is 2.24. The summed E-state index contributed by atoms with van der Waals surface area (Å²) in [5, 5.41) is 8.77. The molecule has 1 unspecified atom stereocenters. The van der Waals surface area contributed by atoms with Gasteiger partial charge in [0.05, 0.1) is 12.1 Å². The van der Waals surface area contributed by atoms with Crippen LogP contribution in [0.5, 0.6) is 5.88 Å². The lowest BCUT2D eigenvalue weighted by Gasteiger charge is -2.32. The molecule has 0 aromatic carbocycles. The number of hydrogen-bond donors (Lipinski definition) is 0. The molecule has 3 heterocycles. The zero-order chi connectivity index (χ0) is 17.2. The quantitative estimate of drug-likeness (QED) is 0.819. The van der Waals surface area contributed by atoms with Crippen LogP contribution in [0.4, 0.5) is 0 Å². The van der Waals surface area contributed by atoms with Gasteiger partial charge in [-0.05, 0) is 31.2 Å². The van der Waals surface area contributed by atoms with Crippen LogP contribution in [0.1, 0.15) is 31.7 Å². The van der Waals surface area contributed by atoms with Crippen molar-refractivity contribution in [1.82, 2.24) is 13.6 Å². The first-order valence-corrected chi connectivity index (χ1v) is 9.67. The van der Waals surface area contributed by atoms with Gasteiger partial charge in [0.1, 0.15) is 12.2 Å². The van der Waals surface area contributed by atoms with Gasteiger partial charge in [0, 0.05) is 31.9 Å². The topological polar surface area (TPSA) is 86.5 Å². The lowest BCUT2D eigenvalue weighted by atomic mass is 10.0. The number of hydrogen-bond acceptors (Lipinski definition) is 5. The van der Waals surface area contributed by atoms with E-state index in [4.69, 9.17) is 10.00 Å². The molecule has 0 bridgehead atoms. The Bertz CT molecular complexity index is 706. The Morgan fingerprint density at radius 3 is 2.54 bits per heavy atom. The van der Waals surface area contributed by atoms with Crippen LogP contribution < -0.4 is 4.74 Å². The normalized spacial score (nSPS) is 23.9. The molecule has 0 amide bonds. The Hall–Kier alpha value is -1.69. The molecule has 2 saturated heterocycles. The molecule has 2 aliphatic heterocycles. The zero-order valence-electron chi connectivity index (χ0n) is 13.8. The van der Waals surface area contributed by atoms with Gasteiger partial charge in [0.2, 0.25) is 5.88 Å². The summed E-state index contributed by atoms with van der Waals surface area (Å²) in [6, 6.07) is 5.28. The number of nitrogens with zero attached hydrogens (tertiary/aromatic N) is 4. The molecule has 2 aliphatic rings. The number of pyridine rings is 1. The van der Waals surface area contributed by atoms with Crippen LogP contribution in [-0.2, 0) is 10.2 Å². The average Bonchev–Trinajstić information content (AvgIpc) is 3.05. The van der Waals surface area contributed by atoms with E-state index in [1.807, 2.05) is 6.07 Å². The van der Waals surface area contributed by atoms with Crippen molar-refractivity contribution in [3.8, 4) is 11.9 Å². The lowest BCUT2D eigenvalue weighted by Crippen LogP contribution is -2.46. The highest BCUT2D eigenvalue weighted by molar-refractivity contribution is 7.86. The van der Waals surface area contributed by atoms with Crippen LogP contribution >= 0.6 is 0 Å². The smallest absolute Gasteiger partial charge is 0.282 e. The lowest BCUT2D eigenvalue weighted by molar-refractivity contribution is 0.204. The molecule has 7 nitrogen and oxygen atoms in total. The van der Waals surface area contributed by atoms with Crippen molar-refractivity contribution in [1.29, 1.82) is 5.26 Å². The van der Waals surface area contributed by atoms with Gasteiger partial charge < -0.3 is 4.74 Å². The van der Waals surface area contributed by atoms with Gasteiger partial charge in [0.15, 0.2) is 0 Å². The van der Waals surface area contributed by atoms with Gasteiger partial charge in [-0.25, -0.2) is 4.98 Å². The number of rotatable bonds is 4. The summed E-state index contributed by atoms with van der Waals surface area (Å²) in [7, 11) is -3.40. The van der Waals surface area contributed by atoms with E-state index in [1.54, 1.807) is 16.4 Å². The van der Waals surface area contributed by atoms with E-state index in [0.717, 1.165) is 12.8 Å². The molecule has 0 N–H and O–H groups in total. The zero-order valence-corrected chi connectivity index (χ0v) is 14.6. The summed E-state index contributed by atoms with van der Waals surface area (Å²) in [5.74, 6) is 1.01. The Kier molecular flexibility index (Phi) is 5.04. The van der Waals surface area contributed by atoms with Gasteiger partial charge in [-0.2, -0.15) is 22.3 Å². The summed E-state index contributed by atoms with van der Waals surface area (Å²) in [5.41, 5.74) is 0.470. The fraction of sp³-hybridized carbons (Fsp3) is 0.625. The average molecular weight is 350 g/mol. The molecule has 24 heavy (non-hydrogen) atoms. The molecule has 130 valence electrons. The van der Waals surface area contributed by atoms with Crippen LogP contribution in [0, 0.1) is 17.2 Å². The van der Waals surface area contributed by atoms with Crippen LogP contribution in [0.25, 0.3) is 0 Å². The summed E-state index contributed by atoms with van der Waals surface area (Å²) >= 11 is 0. The van der Waals surface area contributed by atoms with Gasteiger partial charge in [-0.15, -0.1) is 0 Å². The van der Waals surface area contributed by atoms with E-state index in [-0.39, 0.29) is 6.10 Å². The number of ether oxygens (including phenoxy) is 1. The summed E-state index contributed by atoms with van der Waals surface area (Å²) in [4.78, 5) is 4.08. The second-order valence-corrected chi connectivity index (χ2v) is 8.40. The molecule has 1 aromatic heterocycles. The van der Waals surface area contributed by atoms with E-state index in [9.17, 15) is 8.42 Å². The van der Waals surface area contributed by atoms with Crippen molar-refractivity contribution in [2.45, 2.75) is 32.3 Å². The van der Waals surface area contributed by atoms with E-state index in [1.165, 1.54) is 10.5 Å². The minimum Gasteiger partial charge on any atom is -0.473 e. The molecule has 0 radical (unpaired) electrons. The van der Waals surface area contributed by atoms with Crippen molar-refractivity contribution in [3.05, 3.63) is 23.9 Å². The molecule has 0 saturated carbocycles. The first-order chi connectivity index (χ1) is 11.5. The molecule has 8 heteroatoms. The summed E-state index contributed by atoms with van der Waals surface area (Å²) in [6.45, 7) is 4.17.